The lowest BCUT2D eigenvalue weighted by atomic mass is 10.0. The molecule has 1 aromatic carbocycles. The molecular formula is C11H15ClF3NO. The van der Waals surface area contributed by atoms with Crippen LogP contribution in [0, 0.1) is 0 Å². The molecule has 1 aromatic rings. The van der Waals surface area contributed by atoms with Crippen molar-refractivity contribution in [1.29, 1.82) is 0 Å². The van der Waals surface area contributed by atoms with Crippen molar-refractivity contribution in [3.63, 3.8) is 0 Å². The summed E-state index contributed by atoms with van der Waals surface area (Å²) in [5, 5.41) is 0. The van der Waals surface area contributed by atoms with Gasteiger partial charge in [-0.05, 0) is 24.1 Å². The van der Waals surface area contributed by atoms with Gasteiger partial charge in [0, 0.05) is 6.04 Å². The molecule has 98 valence electrons. The summed E-state index contributed by atoms with van der Waals surface area (Å²) in [5.41, 5.74) is 6.46. The predicted molar refractivity (Wildman–Crippen MR) is 62.2 cm³/mol. The Bertz CT molecular complexity index is 344. The van der Waals surface area contributed by atoms with Gasteiger partial charge in [0.25, 0.3) is 0 Å². The predicted octanol–water partition coefficient (Wildman–Crippen LogP) is 3.81. The van der Waals surface area contributed by atoms with Gasteiger partial charge in [-0.3, -0.25) is 0 Å². The van der Waals surface area contributed by atoms with Gasteiger partial charge in [0.2, 0.25) is 0 Å². The molecule has 0 unspecified atom stereocenters. The van der Waals surface area contributed by atoms with Crippen LogP contribution < -0.4 is 10.5 Å². The lowest BCUT2D eigenvalue weighted by Crippen LogP contribution is -2.17. The molecule has 0 aliphatic carbocycles. The number of benzene rings is 1. The Labute approximate surface area is 104 Å². The third kappa shape index (κ3) is 5.79. The first-order chi connectivity index (χ1) is 7.42. The van der Waals surface area contributed by atoms with E-state index in [1.165, 1.54) is 18.2 Å². The Balaban J connectivity index is 0.00000256. The van der Waals surface area contributed by atoms with Crippen LogP contribution in [0.2, 0.25) is 0 Å². The summed E-state index contributed by atoms with van der Waals surface area (Å²) in [7, 11) is 0. The Morgan fingerprint density at radius 3 is 2.53 bits per heavy atom. The van der Waals surface area contributed by atoms with E-state index in [1.54, 1.807) is 6.07 Å². The quantitative estimate of drug-likeness (QED) is 0.902. The zero-order valence-electron chi connectivity index (χ0n) is 9.33. The molecule has 0 aromatic heterocycles. The average molecular weight is 270 g/mol. The number of halogens is 4. The normalized spacial score (nSPS) is 12.8. The van der Waals surface area contributed by atoms with E-state index in [2.05, 4.69) is 4.74 Å². The van der Waals surface area contributed by atoms with Crippen molar-refractivity contribution < 1.29 is 17.9 Å². The van der Waals surface area contributed by atoms with E-state index < -0.39 is 6.36 Å². The summed E-state index contributed by atoms with van der Waals surface area (Å²) in [4.78, 5) is 0. The van der Waals surface area contributed by atoms with Gasteiger partial charge < -0.3 is 10.5 Å². The molecule has 0 bridgehead atoms. The maximum atomic E-state index is 12.0. The highest BCUT2D eigenvalue weighted by Crippen LogP contribution is 2.26. The Morgan fingerprint density at radius 1 is 1.35 bits per heavy atom. The molecule has 0 saturated heterocycles. The molecule has 0 fully saturated rings. The topological polar surface area (TPSA) is 35.2 Å². The van der Waals surface area contributed by atoms with E-state index in [0.29, 0.717) is 5.56 Å². The van der Waals surface area contributed by atoms with Crippen LogP contribution in [0.5, 0.6) is 5.75 Å². The second-order valence-electron chi connectivity index (χ2n) is 3.52. The molecule has 0 aliphatic heterocycles. The molecule has 1 rings (SSSR count). The van der Waals surface area contributed by atoms with E-state index in [4.69, 9.17) is 5.73 Å². The minimum atomic E-state index is -4.66. The zero-order chi connectivity index (χ0) is 12.2. The van der Waals surface area contributed by atoms with Crippen LogP contribution in [0.1, 0.15) is 31.4 Å². The van der Waals surface area contributed by atoms with Crippen molar-refractivity contribution in [1.82, 2.24) is 0 Å². The van der Waals surface area contributed by atoms with Crippen molar-refractivity contribution in [3.05, 3.63) is 29.8 Å². The minimum Gasteiger partial charge on any atom is -0.406 e. The largest absolute Gasteiger partial charge is 0.573 e. The van der Waals surface area contributed by atoms with Crippen molar-refractivity contribution in [2.45, 2.75) is 32.2 Å². The maximum absolute atomic E-state index is 12.0. The smallest absolute Gasteiger partial charge is 0.406 e. The highest BCUT2D eigenvalue weighted by molar-refractivity contribution is 5.85. The molecule has 0 amide bonds. The molecule has 0 radical (unpaired) electrons. The molecule has 1 atom stereocenters. The molecule has 0 spiro atoms. The van der Waals surface area contributed by atoms with E-state index in [9.17, 15) is 13.2 Å². The standard InChI is InChI=1S/C11H14F3NO.ClH/c1-2-4-10(15)8-5-3-6-9(7-8)16-11(12,13)14;/h3,5-7,10H,2,4,15H2,1H3;1H/t10-;/m0./s1. The highest BCUT2D eigenvalue weighted by atomic mass is 35.5. The number of hydrogen-bond donors (Lipinski definition) is 1. The second kappa shape index (κ2) is 6.71. The van der Waals surface area contributed by atoms with Crippen LogP contribution >= 0.6 is 12.4 Å². The fraction of sp³-hybridized carbons (Fsp3) is 0.455. The molecule has 0 aliphatic rings. The Morgan fingerprint density at radius 2 is 2.00 bits per heavy atom. The molecule has 6 heteroatoms. The number of ether oxygens (including phenoxy) is 1. The first-order valence-corrected chi connectivity index (χ1v) is 5.03. The van der Waals surface area contributed by atoms with E-state index in [0.717, 1.165) is 12.8 Å². The summed E-state index contributed by atoms with van der Waals surface area (Å²) in [6.45, 7) is 1.97. The summed E-state index contributed by atoms with van der Waals surface area (Å²) in [6.07, 6.45) is -3.05. The van der Waals surface area contributed by atoms with Gasteiger partial charge in [-0.1, -0.05) is 25.5 Å². The van der Waals surface area contributed by atoms with Crippen LogP contribution in [0.25, 0.3) is 0 Å². The Hall–Kier alpha value is -0.940. The highest BCUT2D eigenvalue weighted by Gasteiger charge is 2.31. The number of rotatable bonds is 4. The van der Waals surface area contributed by atoms with Crippen molar-refractivity contribution in [2.75, 3.05) is 0 Å². The second-order valence-corrected chi connectivity index (χ2v) is 3.52. The van der Waals surface area contributed by atoms with E-state index in [-0.39, 0.29) is 24.2 Å². The first kappa shape index (κ1) is 16.1. The van der Waals surface area contributed by atoms with Crippen LogP contribution in [0.4, 0.5) is 13.2 Å². The van der Waals surface area contributed by atoms with Crippen LogP contribution in [0.3, 0.4) is 0 Å². The van der Waals surface area contributed by atoms with Gasteiger partial charge in [0.05, 0.1) is 0 Å². The van der Waals surface area contributed by atoms with Crippen molar-refractivity contribution in [3.8, 4) is 5.75 Å². The summed E-state index contributed by atoms with van der Waals surface area (Å²) in [5.74, 6) is -0.225. The molecule has 17 heavy (non-hydrogen) atoms. The third-order valence-corrected chi connectivity index (χ3v) is 2.12. The summed E-state index contributed by atoms with van der Waals surface area (Å²) < 4.78 is 39.7. The lowest BCUT2D eigenvalue weighted by molar-refractivity contribution is -0.274. The molecular weight excluding hydrogens is 255 g/mol. The number of hydrogen-bond acceptors (Lipinski definition) is 2. The molecule has 0 saturated carbocycles. The SMILES string of the molecule is CCC[C@H](N)c1cccc(OC(F)(F)F)c1.Cl. The third-order valence-electron chi connectivity index (χ3n) is 2.12. The summed E-state index contributed by atoms with van der Waals surface area (Å²) >= 11 is 0. The van der Waals surface area contributed by atoms with Gasteiger partial charge in [-0.2, -0.15) is 0 Å². The molecule has 2 N–H and O–H groups in total. The monoisotopic (exact) mass is 269 g/mol. The van der Waals surface area contributed by atoms with Crippen LogP contribution in [0.15, 0.2) is 24.3 Å². The van der Waals surface area contributed by atoms with Gasteiger partial charge >= 0.3 is 6.36 Å². The van der Waals surface area contributed by atoms with Gasteiger partial charge in [0.15, 0.2) is 0 Å². The Kier molecular flexibility index (Phi) is 6.34. The lowest BCUT2D eigenvalue weighted by Gasteiger charge is -2.13. The van der Waals surface area contributed by atoms with Crippen molar-refractivity contribution in [2.24, 2.45) is 5.73 Å². The number of nitrogens with two attached hydrogens (primary N) is 1. The fourth-order valence-electron chi connectivity index (χ4n) is 1.42. The fourth-order valence-corrected chi connectivity index (χ4v) is 1.42. The van der Waals surface area contributed by atoms with Crippen LogP contribution in [-0.4, -0.2) is 6.36 Å². The van der Waals surface area contributed by atoms with Gasteiger partial charge in [0.1, 0.15) is 5.75 Å². The maximum Gasteiger partial charge on any atom is 0.573 e. The van der Waals surface area contributed by atoms with Gasteiger partial charge in [-0.25, -0.2) is 0 Å². The number of alkyl halides is 3. The first-order valence-electron chi connectivity index (χ1n) is 5.03. The van der Waals surface area contributed by atoms with Gasteiger partial charge in [-0.15, -0.1) is 25.6 Å². The van der Waals surface area contributed by atoms with E-state index >= 15 is 0 Å². The zero-order valence-corrected chi connectivity index (χ0v) is 10.1. The van der Waals surface area contributed by atoms with E-state index in [1.807, 2.05) is 6.92 Å². The van der Waals surface area contributed by atoms with Crippen molar-refractivity contribution >= 4 is 12.4 Å². The minimum absolute atomic E-state index is 0. The molecule has 0 heterocycles. The summed E-state index contributed by atoms with van der Waals surface area (Å²) in [6, 6.07) is 5.54. The van der Waals surface area contributed by atoms with Crippen LogP contribution in [-0.2, 0) is 0 Å². The average Bonchev–Trinajstić information content (AvgIpc) is 2.16. The molecule has 2 nitrogen and oxygen atoms in total.